The average molecular weight is 281 g/mol. The summed E-state index contributed by atoms with van der Waals surface area (Å²) in [6.45, 7) is 7.53. The lowest BCUT2D eigenvalue weighted by molar-refractivity contribution is 0.0188. The van der Waals surface area contributed by atoms with Crippen molar-refractivity contribution >= 4 is 17.2 Å². The van der Waals surface area contributed by atoms with Crippen molar-refractivity contribution in [1.29, 1.82) is 0 Å². The minimum atomic E-state index is 0.261. The molecule has 0 aromatic heterocycles. The lowest BCUT2D eigenvalue weighted by Crippen LogP contribution is -2.19. The molecule has 0 aliphatic carbocycles. The fourth-order valence-electron chi connectivity index (χ4n) is 1.49. The summed E-state index contributed by atoms with van der Waals surface area (Å²) in [4.78, 5) is 0.504. The monoisotopic (exact) mass is 281 g/mol. The van der Waals surface area contributed by atoms with Crippen LogP contribution in [-0.2, 0) is 11.2 Å². The average Bonchev–Trinajstić information content (AvgIpc) is 2.35. The normalized spacial score (nSPS) is 12.4. The number of hydrogen-bond acceptors (Lipinski definition) is 3. The molecule has 106 valence electrons. The third kappa shape index (κ3) is 6.55. The number of hydrogen-bond donors (Lipinski definition) is 1. The summed E-state index contributed by atoms with van der Waals surface area (Å²) in [5.74, 6) is 1.37. The van der Waals surface area contributed by atoms with E-state index in [1.54, 1.807) is 0 Å². The van der Waals surface area contributed by atoms with Crippen LogP contribution in [-0.4, -0.2) is 24.3 Å². The summed E-state index contributed by atoms with van der Waals surface area (Å²) < 4.78 is 11.2. The first kappa shape index (κ1) is 15.9. The van der Waals surface area contributed by atoms with Crippen molar-refractivity contribution in [2.75, 3.05) is 13.2 Å². The maximum absolute atomic E-state index is 5.64. The molecule has 2 N–H and O–H groups in total. The maximum atomic E-state index is 5.64. The molecule has 0 fully saturated rings. The summed E-state index contributed by atoms with van der Waals surface area (Å²) in [6.07, 6.45) is 0.890. The van der Waals surface area contributed by atoms with Gasteiger partial charge in [0.1, 0.15) is 12.4 Å². The molecule has 0 saturated heterocycles. The van der Waals surface area contributed by atoms with Crippen LogP contribution in [0, 0.1) is 5.92 Å². The van der Waals surface area contributed by atoms with Gasteiger partial charge in [0.25, 0.3) is 0 Å². The van der Waals surface area contributed by atoms with Crippen LogP contribution in [0.3, 0.4) is 0 Å². The first-order chi connectivity index (χ1) is 8.99. The largest absolute Gasteiger partial charge is 0.491 e. The van der Waals surface area contributed by atoms with Crippen LogP contribution in [0.1, 0.15) is 26.3 Å². The fourth-order valence-corrected chi connectivity index (χ4v) is 1.66. The van der Waals surface area contributed by atoms with E-state index < -0.39 is 0 Å². The summed E-state index contributed by atoms with van der Waals surface area (Å²) in [5.41, 5.74) is 6.60. The van der Waals surface area contributed by atoms with Crippen LogP contribution >= 0.6 is 12.2 Å². The van der Waals surface area contributed by atoms with Gasteiger partial charge < -0.3 is 15.2 Å². The van der Waals surface area contributed by atoms with Crippen LogP contribution in [0.4, 0.5) is 0 Å². The van der Waals surface area contributed by atoms with Crippen LogP contribution in [0.15, 0.2) is 24.3 Å². The van der Waals surface area contributed by atoms with Crippen molar-refractivity contribution in [1.82, 2.24) is 0 Å². The van der Waals surface area contributed by atoms with Crippen molar-refractivity contribution in [2.24, 2.45) is 11.7 Å². The van der Waals surface area contributed by atoms with Gasteiger partial charge in [0, 0.05) is 6.42 Å². The van der Waals surface area contributed by atoms with Crippen molar-refractivity contribution in [3.63, 3.8) is 0 Å². The first-order valence-electron chi connectivity index (χ1n) is 6.60. The van der Waals surface area contributed by atoms with Crippen LogP contribution < -0.4 is 10.5 Å². The third-order valence-corrected chi connectivity index (χ3v) is 3.12. The van der Waals surface area contributed by atoms with E-state index in [-0.39, 0.29) is 6.10 Å². The minimum absolute atomic E-state index is 0.261. The smallest absolute Gasteiger partial charge is 0.119 e. The number of nitrogens with two attached hydrogens (primary N) is 1. The zero-order valence-electron chi connectivity index (χ0n) is 11.9. The Bertz CT molecular complexity index is 390. The topological polar surface area (TPSA) is 44.5 Å². The van der Waals surface area contributed by atoms with Gasteiger partial charge in [-0.2, -0.15) is 0 Å². The Morgan fingerprint density at radius 3 is 2.32 bits per heavy atom. The lowest BCUT2D eigenvalue weighted by atomic mass is 10.1. The predicted octanol–water partition coefficient (Wildman–Crippen LogP) is 2.96. The van der Waals surface area contributed by atoms with Gasteiger partial charge in [-0.15, -0.1) is 0 Å². The second-order valence-electron chi connectivity index (χ2n) is 4.96. The molecule has 3 nitrogen and oxygen atoms in total. The summed E-state index contributed by atoms with van der Waals surface area (Å²) in [5, 5.41) is 0. The zero-order valence-corrected chi connectivity index (χ0v) is 12.7. The molecule has 4 heteroatoms. The van der Waals surface area contributed by atoms with Gasteiger partial charge in [0.2, 0.25) is 0 Å². The van der Waals surface area contributed by atoms with Gasteiger partial charge in [-0.05, 0) is 30.5 Å². The maximum Gasteiger partial charge on any atom is 0.119 e. The molecule has 0 aliphatic heterocycles. The molecule has 0 spiro atoms. The number of ether oxygens (including phenoxy) is 2. The Morgan fingerprint density at radius 2 is 1.79 bits per heavy atom. The molecular weight excluding hydrogens is 258 g/mol. The highest BCUT2D eigenvalue weighted by Crippen LogP contribution is 2.13. The highest BCUT2D eigenvalue weighted by atomic mass is 32.1. The Kier molecular flexibility index (Phi) is 6.81. The van der Waals surface area contributed by atoms with E-state index in [4.69, 9.17) is 27.4 Å². The standard InChI is InChI=1S/C15H23NO2S/c1-11(2)12(3)17-8-9-18-14-6-4-13(5-7-14)10-15(16)19/h4-7,11-12H,8-10H2,1-3H3,(H2,16,19). The van der Waals surface area contributed by atoms with Gasteiger partial charge in [-0.3, -0.25) is 0 Å². The van der Waals surface area contributed by atoms with Crippen molar-refractivity contribution in [2.45, 2.75) is 33.3 Å². The van der Waals surface area contributed by atoms with E-state index in [2.05, 4.69) is 20.8 Å². The molecule has 0 bridgehead atoms. The van der Waals surface area contributed by atoms with Crippen LogP contribution in [0.2, 0.25) is 0 Å². The van der Waals surface area contributed by atoms with E-state index in [1.807, 2.05) is 24.3 Å². The Labute approximate surface area is 121 Å². The van der Waals surface area contributed by atoms with Crippen molar-refractivity contribution in [3.8, 4) is 5.75 Å². The Morgan fingerprint density at radius 1 is 1.16 bits per heavy atom. The molecule has 19 heavy (non-hydrogen) atoms. The molecule has 0 aliphatic rings. The third-order valence-electron chi connectivity index (χ3n) is 2.97. The van der Waals surface area contributed by atoms with Gasteiger partial charge in [0.15, 0.2) is 0 Å². The molecule has 0 saturated carbocycles. The van der Waals surface area contributed by atoms with Gasteiger partial charge in [-0.1, -0.05) is 38.2 Å². The molecule has 1 atom stereocenters. The number of thiocarbonyl (C=S) groups is 1. The minimum Gasteiger partial charge on any atom is -0.491 e. The highest BCUT2D eigenvalue weighted by Gasteiger charge is 2.06. The highest BCUT2D eigenvalue weighted by molar-refractivity contribution is 7.80. The fraction of sp³-hybridized carbons (Fsp3) is 0.533. The number of rotatable bonds is 8. The SMILES string of the molecule is CC(C)C(C)OCCOc1ccc(CC(N)=S)cc1. The quantitative estimate of drug-likeness (QED) is 0.588. The molecule has 0 heterocycles. The van der Waals surface area contributed by atoms with E-state index in [9.17, 15) is 0 Å². The lowest BCUT2D eigenvalue weighted by Gasteiger charge is -2.16. The van der Waals surface area contributed by atoms with E-state index in [1.165, 1.54) is 0 Å². The van der Waals surface area contributed by atoms with E-state index >= 15 is 0 Å². The van der Waals surface area contributed by atoms with Gasteiger partial charge in [-0.25, -0.2) is 0 Å². The number of benzene rings is 1. The Balaban J connectivity index is 2.28. The van der Waals surface area contributed by atoms with Crippen molar-refractivity contribution in [3.05, 3.63) is 29.8 Å². The Hall–Kier alpha value is -1.13. The van der Waals surface area contributed by atoms with Crippen molar-refractivity contribution < 1.29 is 9.47 Å². The van der Waals surface area contributed by atoms with Gasteiger partial charge in [0.05, 0.1) is 17.7 Å². The first-order valence-corrected chi connectivity index (χ1v) is 7.01. The summed E-state index contributed by atoms with van der Waals surface area (Å²) in [6, 6.07) is 7.82. The van der Waals surface area contributed by atoms with Crippen LogP contribution in [0.25, 0.3) is 0 Å². The molecular formula is C15H23NO2S. The molecule has 1 aromatic carbocycles. The molecule has 0 radical (unpaired) electrons. The predicted molar refractivity (Wildman–Crippen MR) is 82.7 cm³/mol. The van der Waals surface area contributed by atoms with Gasteiger partial charge >= 0.3 is 0 Å². The second-order valence-corrected chi connectivity index (χ2v) is 5.48. The summed E-state index contributed by atoms with van der Waals surface area (Å²) >= 11 is 4.87. The molecule has 1 unspecified atom stereocenters. The second kappa shape index (κ2) is 8.12. The van der Waals surface area contributed by atoms with Crippen LogP contribution in [0.5, 0.6) is 5.75 Å². The zero-order chi connectivity index (χ0) is 14.3. The molecule has 1 aromatic rings. The van der Waals surface area contributed by atoms with E-state index in [0.29, 0.717) is 30.5 Å². The summed E-state index contributed by atoms with van der Waals surface area (Å²) in [7, 11) is 0. The van der Waals surface area contributed by atoms with E-state index in [0.717, 1.165) is 11.3 Å². The molecule has 0 amide bonds. The molecule has 1 rings (SSSR count).